The predicted octanol–water partition coefficient (Wildman–Crippen LogP) is 6.72. The molecule has 0 fully saturated rings. The van der Waals surface area contributed by atoms with Crippen LogP contribution < -0.4 is 0 Å². The van der Waals surface area contributed by atoms with Crippen molar-refractivity contribution in [1.82, 2.24) is 0 Å². The number of aliphatic hydroxyl groups is 1. The average Bonchev–Trinajstić information content (AvgIpc) is 2.65. The molecule has 0 saturated heterocycles. The molecule has 0 unspecified atom stereocenters. The fourth-order valence-corrected chi connectivity index (χ4v) is 3.02. The van der Waals surface area contributed by atoms with Crippen LogP contribution in [0.4, 0.5) is 0 Å². The molecule has 0 atom stereocenters. The summed E-state index contributed by atoms with van der Waals surface area (Å²) in [4.78, 5) is 0. The van der Waals surface area contributed by atoms with E-state index in [4.69, 9.17) is 5.11 Å². The first kappa shape index (κ1) is 18.5. The number of unbranched alkanes of at least 4 members (excludes halogenated alkanes) is 6. The average molecular weight is 322 g/mol. The van der Waals surface area contributed by atoms with Gasteiger partial charge in [0.2, 0.25) is 0 Å². The molecular weight excluding hydrogens is 292 g/mol. The van der Waals surface area contributed by atoms with Gasteiger partial charge in [-0.2, -0.15) is 0 Å². The molecule has 24 heavy (non-hydrogen) atoms. The maximum atomic E-state index is 8.47. The summed E-state index contributed by atoms with van der Waals surface area (Å²) in [5.41, 5.74) is 0. The second kappa shape index (κ2) is 10.8. The molecule has 1 N–H and O–H groups in total. The summed E-state index contributed by atoms with van der Waals surface area (Å²) >= 11 is 0. The second-order valence-corrected chi connectivity index (χ2v) is 6.35. The number of aliphatic hydroxyl groups excluding tert-OH is 1. The fraction of sp³-hybridized carbons (Fsp3) is 0.391. The van der Waals surface area contributed by atoms with Crippen molar-refractivity contribution in [2.75, 3.05) is 6.61 Å². The zero-order valence-electron chi connectivity index (χ0n) is 14.9. The molecule has 0 spiro atoms. The van der Waals surface area contributed by atoms with Gasteiger partial charge in [-0.15, -0.1) is 0 Å². The largest absolute Gasteiger partial charge is 0.396 e. The number of rotatable bonds is 7. The van der Waals surface area contributed by atoms with E-state index in [0.717, 1.165) is 6.42 Å². The smallest absolute Gasteiger partial charge is 0.0431 e. The molecule has 3 aromatic rings. The lowest BCUT2D eigenvalue weighted by Crippen LogP contribution is -1.83. The van der Waals surface area contributed by atoms with Crippen LogP contribution in [-0.2, 0) is 0 Å². The van der Waals surface area contributed by atoms with Crippen molar-refractivity contribution in [2.24, 2.45) is 0 Å². The first-order valence-corrected chi connectivity index (χ1v) is 9.34. The van der Waals surface area contributed by atoms with Crippen LogP contribution in [0.3, 0.4) is 0 Å². The third kappa shape index (κ3) is 5.65. The molecule has 3 rings (SSSR count). The maximum Gasteiger partial charge on any atom is 0.0431 e. The molecule has 1 heteroatoms. The van der Waals surface area contributed by atoms with E-state index in [1.807, 2.05) is 0 Å². The molecule has 3 aromatic carbocycles. The molecule has 0 saturated carbocycles. The van der Waals surface area contributed by atoms with Gasteiger partial charge in [-0.25, -0.2) is 0 Å². The molecule has 0 heterocycles. The van der Waals surface area contributed by atoms with Gasteiger partial charge < -0.3 is 5.11 Å². The quantitative estimate of drug-likeness (QED) is 0.378. The Morgan fingerprint density at radius 1 is 0.583 bits per heavy atom. The van der Waals surface area contributed by atoms with Crippen LogP contribution in [0.25, 0.3) is 21.5 Å². The van der Waals surface area contributed by atoms with Gasteiger partial charge in [0.1, 0.15) is 0 Å². The monoisotopic (exact) mass is 322 g/mol. The van der Waals surface area contributed by atoms with Crippen LogP contribution in [0.2, 0.25) is 0 Å². The topological polar surface area (TPSA) is 20.2 Å². The highest BCUT2D eigenvalue weighted by Gasteiger charge is 1.97. The minimum absolute atomic E-state index is 0.369. The van der Waals surface area contributed by atoms with Gasteiger partial charge in [0.15, 0.2) is 0 Å². The van der Waals surface area contributed by atoms with Crippen LogP contribution in [0, 0.1) is 0 Å². The van der Waals surface area contributed by atoms with Crippen molar-refractivity contribution in [1.29, 1.82) is 0 Å². The summed E-state index contributed by atoms with van der Waals surface area (Å²) in [6.45, 7) is 2.60. The Kier molecular flexibility index (Phi) is 8.34. The van der Waals surface area contributed by atoms with Crippen molar-refractivity contribution in [2.45, 2.75) is 51.9 Å². The van der Waals surface area contributed by atoms with Crippen molar-refractivity contribution in [3.8, 4) is 0 Å². The highest BCUT2D eigenvalue weighted by atomic mass is 16.2. The van der Waals surface area contributed by atoms with E-state index < -0.39 is 0 Å². The lowest BCUT2D eigenvalue weighted by Gasteiger charge is -2.02. The molecule has 1 nitrogen and oxygen atoms in total. The fourth-order valence-electron chi connectivity index (χ4n) is 3.02. The van der Waals surface area contributed by atoms with Crippen LogP contribution >= 0.6 is 0 Å². The van der Waals surface area contributed by atoms with Gasteiger partial charge in [0.25, 0.3) is 0 Å². The summed E-state index contributed by atoms with van der Waals surface area (Å²) in [5.74, 6) is 0. The Balaban J connectivity index is 0.000000187. The van der Waals surface area contributed by atoms with Crippen molar-refractivity contribution in [3.63, 3.8) is 0 Å². The molecule has 0 radical (unpaired) electrons. The number of hydrogen-bond donors (Lipinski definition) is 1. The Morgan fingerprint density at radius 3 is 1.54 bits per heavy atom. The number of benzene rings is 3. The van der Waals surface area contributed by atoms with Crippen LogP contribution in [0.1, 0.15) is 51.9 Å². The van der Waals surface area contributed by atoms with E-state index in [1.165, 1.54) is 60.1 Å². The molecular formula is C23H30O. The minimum Gasteiger partial charge on any atom is -0.396 e. The summed E-state index contributed by atoms with van der Waals surface area (Å²) in [6, 6.07) is 21.4. The molecule has 0 aliphatic rings. The highest BCUT2D eigenvalue weighted by molar-refractivity contribution is 6.07. The predicted molar refractivity (Wildman–Crippen MR) is 107 cm³/mol. The van der Waals surface area contributed by atoms with Gasteiger partial charge >= 0.3 is 0 Å². The summed E-state index contributed by atoms with van der Waals surface area (Å²) in [7, 11) is 0. The van der Waals surface area contributed by atoms with E-state index in [0.29, 0.717) is 6.61 Å². The molecule has 128 valence electrons. The standard InChI is InChI=1S/C14H10.C9H20O/c1-3-7-13-11(5-1)9-10-12-6-2-4-8-14(12)13;1-2-3-4-5-6-7-8-9-10/h1-10H;10H,2-9H2,1H3. The van der Waals surface area contributed by atoms with Crippen molar-refractivity contribution >= 4 is 21.5 Å². The minimum atomic E-state index is 0.369. The van der Waals surface area contributed by atoms with Gasteiger partial charge in [-0.05, 0) is 28.0 Å². The lowest BCUT2D eigenvalue weighted by molar-refractivity contribution is 0.282. The van der Waals surface area contributed by atoms with E-state index >= 15 is 0 Å². The van der Waals surface area contributed by atoms with Crippen molar-refractivity contribution < 1.29 is 5.11 Å². The van der Waals surface area contributed by atoms with Crippen molar-refractivity contribution in [3.05, 3.63) is 60.7 Å². The van der Waals surface area contributed by atoms with E-state index in [2.05, 4.69) is 67.6 Å². The molecule has 0 bridgehead atoms. The third-order valence-corrected chi connectivity index (χ3v) is 4.42. The number of hydrogen-bond acceptors (Lipinski definition) is 1. The molecule has 0 aromatic heterocycles. The Morgan fingerprint density at radius 2 is 1.04 bits per heavy atom. The highest BCUT2D eigenvalue weighted by Crippen LogP contribution is 2.24. The lowest BCUT2D eigenvalue weighted by atomic mass is 10.0. The normalized spacial score (nSPS) is 10.6. The zero-order valence-corrected chi connectivity index (χ0v) is 14.9. The Bertz CT molecular complexity index is 654. The van der Waals surface area contributed by atoms with Crippen LogP contribution in [0.5, 0.6) is 0 Å². The van der Waals surface area contributed by atoms with Crippen LogP contribution in [0.15, 0.2) is 60.7 Å². The first-order chi connectivity index (χ1) is 11.9. The summed E-state index contributed by atoms with van der Waals surface area (Å²) in [6.07, 6.45) is 8.93. The summed E-state index contributed by atoms with van der Waals surface area (Å²) in [5, 5.41) is 13.8. The molecule has 0 aliphatic heterocycles. The van der Waals surface area contributed by atoms with Crippen LogP contribution in [-0.4, -0.2) is 11.7 Å². The van der Waals surface area contributed by atoms with Gasteiger partial charge in [-0.3, -0.25) is 0 Å². The molecule has 0 aliphatic carbocycles. The van der Waals surface area contributed by atoms with E-state index in [9.17, 15) is 0 Å². The van der Waals surface area contributed by atoms with Gasteiger partial charge in [-0.1, -0.05) is 106 Å². The Hall–Kier alpha value is -1.86. The molecule has 0 amide bonds. The van der Waals surface area contributed by atoms with E-state index in [-0.39, 0.29) is 0 Å². The summed E-state index contributed by atoms with van der Waals surface area (Å²) < 4.78 is 0. The number of fused-ring (bicyclic) bond motifs is 3. The Labute approximate surface area is 146 Å². The SMILES string of the molecule is CCCCCCCCCO.c1ccc2c(c1)ccc1ccccc12. The van der Waals surface area contributed by atoms with E-state index in [1.54, 1.807) is 0 Å². The first-order valence-electron chi connectivity index (χ1n) is 9.34. The third-order valence-electron chi connectivity index (χ3n) is 4.42. The van der Waals surface area contributed by atoms with Gasteiger partial charge in [0, 0.05) is 6.61 Å². The maximum absolute atomic E-state index is 8.47. The van der Waals surface area contributed by atoms with Gasteiger partial charge in [0.05, 0.1) is 0 Å². The zero-order chi connectivity index (χ0) is 17.0. The second-order valence-electron chi connectivity index (χ2n) is 6.35.